The molecule has 0 saturated heterocycles. The number of aliphatic hydroxyl groups is 1. The number of esters is 1. The number of nitrogens with one attached hydrogen (secondary N) is 1. The number of para-hydroxylation sites is 1. The Hall–Kier alpha value is -3.61. The minimum Gasteiger partial charge on any atom is -0.462 e. The maximum Gasteiger partial charge on any atom is 0.459 e. The lowest BCUT2D eigenvalue weighted by Crippen LogP contribution is -2.38. The number of benzene rings is 1. The first kappa shape index (κ1) is 33.3. The van der Waals surface area contributed by atoms with Gasteiger partial charge in [0.2, 0.25) is 0 Å². The number of hydrogen-bond acceptors (Lipinski definition) is 11. The fourth-order valence-corrected chi connectivity index (χ4v) is 6.40. The SMILES string of the molecule is CCCC(O)(CCO[P@](=O)(N[C@@H](C)C(=O)OC(C)C)Oc1cccnc1)n1c(COCC)nc2c(N)nc3ccccc3c21. The molecule has 4 aromatic rings. The van der Waals surface area contributed by atoms with Gasteiger partial charge in [-0.25, -0.2) is 14.5 Å². The lowest BCUT2D eigenvalue weighted by Gasteiger charge is -2.33. The Morgan fingerprint density at radius 2 is 1.91 bits per heavy atom. The first-order valence-electron chi connectivity index (χ1n) is 14.7. The number of hydrogen-bond donors (Lipinski definition) is 3. The second kappa shape index (κ2) is 14.4. The van der Waals surface area contributed by atoms with Gasteiger partial charge in [-0.2, -0.15) is 5.09 Å². The summed E-state index contributed by atoms with van der Waals surface area (Å²) in [5, 5.41) is 15.8. The Bertz CT molecular complexity index is 1620. The molecule has 1 unspecified atom stereocenters. The number of rotatable bonds is 16. The number of pyridine rings is 2. The van der Waals surface area contributed by atoms with Crippen molar-refractivity contribution in [1.29, 1.82) is 0 Å². The molecule has 1 aromatic carbocycles. The molecule has 3 heterocycles. The van der Waals surface area contributed by atoms with E-state index in [4.69, 9.17) is 29.2 Å². The van der Waals surface area contributed by atoms with Crippen LogP contribution in [0.25, 0.3) is 21.9 Å². The quantitative estimate of drug-likeness (QED) is 0.111. The van der Waals surface area contributed by atoms with Crippen molar-refractivity contribution in [2.75, 3.05) is 18.9 Å². The summed E-state index contributed by atoms with van der Waals surface area (Å²) in [4.78, 5) is 25.8. The number of aromatic nitrogens is 4. The van der Waals surface area contributed by atoms with Crippen LogP contribution >= 0.6 is 7.75 Å². The molecular formula is C30H41N6O7P. The minimum atomic E-state index is -4.18. The van der Waals surface area contributed by atoms with Crippen LogP contribution in [0.2, 0.25) is 0 Å². The van der Waals surface area contributed by atoms with Gasteiger partial charge >= 0.3 is 13.7 Å². The summed E-state index contributed by atoms with van der Waals surface area (Å²) < 4.78 is 38.3. The molecule has 13 nitrogen and oxygen atoms in total. The monoisotopic (exact) mass is 628 g/mol. The van der Waals surface area contributed by atoms with Gasteiger partial charge in [0.25, 0.3) is 0 Å². The van der Waals surface area contributed by atoms with Crippen molar-refractivity contribution in [1.82, 2.24) is 24.6 Å². The lowest BCUT2D eigenvalue weighted by molar-refractivity contribution is -0.149. The Morgan fingerprint density at radius 1 is 1.14 bits per heavy atom. The smallest absolute Gasteiger partial charge is 0.459 e. The molecule has 0 aliphatic carbocycles. The van der Waals surface area contributed by atoms with Crippen LogP contribution in [0.1, 0.15) is 59.7 Å². The van der Waals surface area contributed by atoms with E-state index in [1.54, 1.807) is 36.7 Å². The van der Waals surface area contributed by atoms with Gasteiger partial charge in [0.1, 0.15) is 35.5 Å². The normalized spacial score (nSPS) is 15.2. The summed E-state index contributed by atoms with van der Waals surface area (Å²) >= 11 is 0. The van der Waals surface area contributed by atoms with Crippen molar-refractivity contribution in [3.8, 4) is 5.75 Å². The largest absolute Gasteiger partial charge is 0.462 e. The summed E-state index contributed by atoms with van der Waals surface area (Å²) in [6.07, 6.45) is 3.43. The van der Waals surface area contributed by atoms with E-state index in [1.807, 2.05) is 38.1 Å². The Morgan fingerprint density at radius 3 is 2.59 bits per heavy atom. The number of carbonyl (C=O) groups excluding carboxylic acids is 1. The molecule has 14 heteroatoms. The van der Waals surface area contributed by atoms with Crippen molar-refractivity contribution in [3.63, 3.8) is 0 Å². The Kier molecular flexibility index (Phi) is 10.9. The summed E-state index contributed by atoms with van der Waals surface area (Å²) in [6.45, 7) is 9.08. The lowest BCUT2D eigenvalue weighted by atomic mass is 10.0. The summed E-state index contributed by atoms with van der Waals surface area (Å²) in [5.41, 5.74) is 6.48. The number of imidazole rings is 1. The highest BCUT2D eigenvalue weighted by atomic mass is 31.2. The first-order chi connectivity index (χ1) is 21.0. The average Bonchev–Trinajstić information content (AvgIpc) is 3.37. The molecule has 4 N–H and O–H groups in total. The molecule has 3 aromatic heterocycles. The van der Waals surface area contributed by atoms with E-state index in [2.05, 4.69) is 15.1 Å². The average molecular weight is 629 g/mol. The second-order valence-corrected chi connectivity index (χ2v) is 12.3. The highest BCUT2D eigenvalue weighted by Gasteiger charge is 2.37. The number of ether oxygens (including phenoxy) is 2. The van der Waals surface area contributed by atoms with E-state index in [0.717, 1.165) is 5.39 Å². The van der Waals surface area contributed by atoms with Crippen LogP contribution in [0, 0.1) is 0 Å². The van der Waals surface area contributed by atoms with Crippen LogP contribution in [-0.4, -0.2) is 56.0 Å². The number of nitrogens with two attached hydrogens (primary N) is 1. The molecule has 0 bridgehead atoms. The first-order valence-corrected chi connectivity index (χ1v) is 16.2. The minimum absolute atomic E-state index is 0.0190. The summed E-state index contributed by atoms with van der Waals surface area (Å²) in [7, 11) is -4.18. The Labute approximate surface area is 256 Å². The van der Waals surface area contributed by atoms with Crippen LogP contribution < -0.4 is 15.3 Å². The maximum atomic E-state index is 14.0. The predicted molar refractivity (Wildman–Crippen MR) is 167 cm³/mol. The predicted octanol–water partition coefficient (Wildman–Crippen LogP) is 5.07. The second-order valence-electron chi connectivity index (χ2n) is 10.6. The molecule has 0 amide bonds. The maximum absolute atomic E-state index is 14.0. The molecule has 0 aliphatic rings. The molecule has 3 atom stereocenters. The van der Waals surface area contributed by atoms with Crippen molar-refractivity contribution in [2.45, 2.75) is 78.4 Å². The van der Waals surface area contributed by atoms with Gasteiger partial charge in [0.05, 0.1) is 29.9 Å². The van der Waals surface area contributed by atoms with Crippen LogP contribution in [0.15, 0.2) is 48.8 Å². The number of nitrogens with zero attached hydrogens (tertiary/aromatic N) is 4. The molecule has 0 fully saturated rings. The molecule has 0 saturated carbocycles. The number of anilines is 1. The van der Waals surface area contributed by atoms with E-state index in [1.165, 1.54) is 13.1 Å². The number of nitrogen functional groups attached to an aromatic ring is 1. The van der Waals surface area contributed by atoms with Gasteiger partial charge in [-0.15, -0.1) is 0 Å². The van der Waals surface area contributed by atoms with Crippen molar-refractivity contribution in [2.24, 2.45) is 0 Å². The third-order valence-electron chi connectivity index (χ3n) is 6.77. The van der Waals surface area contributed by atoms with E-state index in [9.17, 15) is 14.5 Å². The standard InChI is InChI=1S/C30H41N6O7P/c1-6-14-30(38,36-25(19-40-7-2)34-26-27(36)23-12-8-9-13-24(23)33-28(26)31)15-17-41-44(39,43-22-11-10-16-32-18-22)35-21(5)29(37)42-20(3)4/h8-13,16,18,20-21,38H,6-7,14-15,17,19H2,1-5H3,(H2,31,33)(H,35,39)/t21-,30?,44+/m0/s1. The molecule has 0 radical (unpaired) electrons. The van der Waals surface area contributed by atoms with Crippen LogP contribution in [-0.2, 0) is 35.7 Å². The molecular weight excluding hydrogens is 587 g/mol. The highest BCUT2D eigenvalue weighted by Crippen LogP contribution is 2.46. The van der Waals surface area contributed by atoms with Crippen molar-refractivity contribution < 1.29 is 33.0 Å². The van der Waals surface area contributed by atoms with E-state index in [-0.39, 0.29) is 37.3 Å². The third-order valence-corrected chi connectivity index (χ3v) is 8.45. The van der Waals surface area contributed by atoms with Gasteiger partial charge in [0.15, 0.2) is 5.82 Å². The van der Waals surface area contributed by atoms with Crippen molar-refractivity contribution in [3.05, 3.63) is 54.6 Å². The molecule has 0 spiro atoms. The fourth-order valence-electron chi connectivity index (χ4n) is 4.92. The van der Waals surface area contributed by atoms with E-state index in [0.29, 0.717) is 41.8 Å². The van der Waals surface area contributed by atoms with Gasteiger partial charge < -0.3 is 24.8 Å². The molecule has 44 heavy (non-hydrogen) atoms. The van der Waals surface area contributed by atoms with Crippen LogP contribution in [0.5, 0.6) is 5.75 Å². The number of fused-ring (bicyclic) bond motifs is 3. The summed E-state index contributed by atoms with van der Waals surface area (Å²) in [6, 6.07) is 9.64. The van der Waals surface area contributed by atoms with Gasteiger partial charge in [-0.1, -0.05) is 31.5 Å². The molecule has 0 aliphatic heterocycles. The van der Waals surface area contributed by atoms with Crippen LogP contribution in [0.3, 0.4) is 0 Å². The fraction of sp³-hybridized carbons (Fsp3) is 0.467. The zero-order valence-corrected chi connectivity index (χ0v) is 26.6. The Balaban J connectivity index is 1.70. The zero-order chi connectivity index (χ0) is 31.9. The van der Waals surface area contributed by atoms with Gasteiger partial charge in [-0.3, -0.25) is 18.9 Å². The molecule has 238 valence electrons. The zero-order valence-electron chi connectivity index (χ0n) is 25.7. The topological polar surface area (TPSA) is 173 Å². The van der Waals surface area contributed by atoms with Gasteiger partial charge in [0, 0.05) is 24.6 Å². The van der Waals surface area contributed by atoms with E-state index < -0.39 is 25.5 Å². The third kappa shape index (κ3) is 7.72. The molecule has 4 rings (SSSR count). The summed E-state index contributed by atoms with van der Waals surface area (Å²) in [5.74, 6) is 0.238. The highest BCUT2D eigenvalue weighted by molar-refractivity contribution is 7.52. The number of carbonyl (C=O) groups is 1. The van der Waals surface area contributed by atoms with Gasteiger partial charge in [-0.05, 0) is 52.3 Å². The van der Waals surface area contributed by atoms with Crippen LogP contribution in [0.4, 0.5) is 5.82 Å². The van der Waals surface area contributed by atoms with E-state index >= 15 is 0 Å². The van der Waals surface area contributed by atoms with Crippen molar-refractivity contribution >= 4 is 41.5 Å².